The molecule has 2 aliphatic rings. The molecule has 2 heterocycles. The van der Waals surface area contributed by atoms with Gasteiger partial charge in [-0.05, 0) is 210 Å². The normalized spacial score (nSPS) is 15.1. The number of piperidine rings is 1. The lowest BCUT2D eigenvalue weighted by atomic mass is 9.81. The van der Waals surface area contributed by atoms with Crippen molar-refractivity contribution >= 4 is 27.3 Å². The Hall–Kier alpha value is -9.33. The fraction of sp³-hybridized carbons (Fsp3) is 0.197. The first-order valence-corrected chi connectivity index (χ1v) is 28.9. The number of alkyl halides is 24. The van der Waals surface area contributed by atoms with E-state index in [2.05, 4.69) is 0 Å². The Balaban J connectivity index is 1.23. The van der Waals surface area contributed by atoms with Gasteiger partial charge in [0.1, 0.15) is 18.9 Å². The summed E-state index contributed by atoms with van der Waals surface area (Å²) in [5, 5.41) is 1.22. The number of nitrogens with zero attached hydrogens (tertiary/aromatic N) is 1. The molecule has 2 nitrogen and oxygen atoms in total. The van der Waals surface area contributed by atoms with Gasteiger partial charge in [-0.3, -0.25) is 4.79 Å². The van der Waals surface area contributed by atoms with Crippen LogP contribution in [-0.4, -0.2) is 23.4 Å². The zero-order valence-corrected chi connectivity index (χ0v) is 48.8. The summed E-state index contributed by atoms with van der Waals surface area (Å²) in [5.41, 5.74) is -20.2. The van der Waals surface area contributed by atoms with E-state index in [1.54, 1.807) is 36.4 Å². The predicted molar refractivity (Wildman–Crippen MR) is 311 cm³/mol. The summed E-state index contributed by atoms with van der Waals surface area (Å²) in [4.78, 5) is 13.4. The van der Waals surface area contributed by atoms with E-state index < -0.39 is 138 Å². The lowest BCUT2D eigenvalue weighted by molar-refractivity contribution is -0.954. The monoisotopic (exact) mass is 1380 g/mol. The van der Waals surface area contributed by atoms with E-state index in [1.165, 1.54) is 24.3 Å². The van der Waals surface area contributed by atoms with E-state index in [-0.39, 0.29) is 129 Å². The Kier molecular flexibility index (Phi) is 16.2. The molecule has 97 heavy (non-hydrogen) atoms. The first-order valence-electron chi connectivity index (χ1n) is 28.9. The molecule has 1 fully saturated rings. The second-order valence-corrected chi connectivity index (χ2v) is 23.9. The van der Waals surface area contributed by atoms with Crippen LogP contribution in [-0.2, 0) is 67.3 Å². The topological polar surface area (TPSA) is 17.1 Å². The van der Waals surface area contributed by atoms with Crippen molar-refractivity contribution in [2.24, 2.45) is 0 Å². The number of rotatable bonds is 6. The van der Waals surface area contributed by atoms with Gasteiger partial charge < -0.3 is 4.48 Å². The summed E-state index contributed by atoms with van der Waals surface area (Å²) >= 11 is 0. The molecule has 0 N–H and O–H groups in total. The molecule has 1 spiro atoms. The minimum atomic E-state index is -5.48. The third-order valence-corrected chi connectivity index (χ3v) is 17.5. The maximum Gasteiger partial charge on any atom is 0.416 e. The van der Waals surface area contributed by atoms with Gasteiger partial charge in [0.2, 0.25) is 0 Å². The molecule has 0 unspecified atom stereocenters. The number of ketones is 1. The van der Waals surface area contributed by atoms with Crippen LogP contribution in [0.1, 0.15) is 68.5 Å². The van der Waals surface area contributed by atoms with Crippen molar-refractivity contribution < 1.29 is 115 Å². The summed E-state index contributed by atoms with van der Waals surface area (Å²) < 4.78 is 351. The van der Waals surface area contributed by atoms with E-state index in [1.807, 2.05) is 0 Å². The van der Waals surface area contributed by atoms with Crippen LogP contribution in [0.4, 0.5) is 105 Å². The highest BCUT2D eigenvalue weighted by Gasteiger charge is 2.44. The summed E-state index contributed by atoms with van der Waals surface area (Å²) in [6.07, 6.45) is -44.2. The second kappa shape index (κ2) is 23.2. The van der Waals surface area contributed by atoms with E-state index >= 15 is 0 Å². The molecular weight excluding hydrogens is 1340 g/mol. The Morgan fingerprint density at radius 2 is 0.474 bits per heavy atom. The van der Waals surface area contributed by atoms with E-state index in [4.69, 9.17) is 0 Å². The SMILES string of the molecule is O=C1CC[N+]2(CC1)Cc1c(-c3cc(-c4cc(C(F)(F)F)cc(C(F)(F)F)c4)cc(-c4cc(C(F)(F)F)cc(C(F)(F)F)c4)c3)cc3ccccc3c1-c1c(c(-c3cc(-c4cc(C(F)(F)F)cc(C(F)(F)F)c4)cc(-c4cc(C(F)(F)F)cc(C(F)(F)F)c4)c3)cc3ccccc13)C2. The lowest BCUT2D eigenvalue weighted by Crippen LogP contribution is -2.51. The second-order valence-electron chi connectivity index (χ2n) is 23.9. The molecule has 502 valence electrons. The van der Waals surface area contributed by atoms with Gasteiger partial charge in [-0.25, -0.2) is 0 Å². The number of carbonyl (C=O) groups excluding carboxylic acids is 1. The molecule has 1 saturated heterocycles. The van der Waals surface area contributed by atoms with E-state index in [9.17, 15) is 110 Å². The fourth-order valence-corrected chi connectivity index (χ4v) is 12.9. The number of Topliss-reactive ketones (excluding diaryl/α,β-unsaturated/α-hetero) is 1. The van der Waals surface area contributed by atoms with Crippen LogP contribution in [0.5, 0.6) is 0 Å². The third-order valence-electron chi connectivity index (χ3n) is 17.5. The minimum absolute atomic E-state index is 0.0129. The van der Waals surface area contributed by atoms with Crippen LogP contribution >= 0.6 is 0 Å². The third kappa shape index (κ3) is 13.5. The molecule has 26 heteroatoms. The Morgan fingerprint density at radius 3 is 0.711 bits per heavy atom. The Bertz CT molecular complexity index is 4220. The number of quaternary nitrogens is 1. The number of fused-ring (bicyclic) bond motifs is 7. The average molecular weight is 1380 g/mol. The fourth-order valence-electron chi connectivity index (χ4n) is 12.9. The van der Waals surface area contributed by atoms with Gasteiger partial charge in [0, 0.05) is 22.3 Å². The van der Waals surface area contributed by atoms with Gasteiger partial charge in [-0.1, -0.05) is 48.5 Å². The average Bonchev–Trinajstić information content (AvgIpc) is 1.67. The van der Waals surface area contributed by atoms with Crippen molar-refractivity contribution in [1.29, 1.82) is 0 Å². The number of benzene rings is 10. The smallest absolute Gasteiger partial charge is 0.315 e. The first kappa shape index (κ1) is 67.6. The zero-order chi connectivity index (χ0) is 70.3. The molecule has 0 saturated carbocycles. The van der Waals surface area contributed by atoms with Crippen molar-refractivity contribution in [3.63, 3.8) is 0 Å². The number of hydrogen-bond donors (Lipinski definition) is 0. The highest BCUT2D eigenvalue weighted by atomic mass is 19.4. The highest BCUT2D eigenvalue weighted by molar-refractivity contribution is 6.12. The standard InChI is InChI=1S/C71H40F24NO/c72-64(73,74)47-19-41(20-48(29-47)65(75,76)77)37-13-38(42-21-49(66(78,79)80)30-50(22-42)67(81,82)83)16-45(15-37)58-27-35-5-1-3-7-56(35)62-60(58)33-96(11-9-55(97)10-12-96)34-61-59(28-36-6-2-4-8-57(36)63(61)62)46-17-39(43-23-51(68(84,85)86)31-52(24-43)69(87,88)89)14-40(18-46)44-25-53(70(90,91)92)32-54(26-44)71(93,94)95/h1-8,13-32H,9-12,33-34H2/q+1. The molecular formula is C71H40F24NO+. The number of hydrogen-bond acceptors (Lipinski definition) is 1. The Morgan fingerprint density at radius 1 is 0.258 bits per heavy atom. The van der Waals surface area contributed by atoms with Gasteiger partial charge in [-0.15, -0.1) is 0 Å². The van der Waals surface area contributed by atoms with Crippen molar-refractivity contribution in [3.8, 4) is 77.9 Å². The molecule has 10 aromatic rings. The van der Waals surface area contributed by atoms with Crippen molar-refractivity contribution in [2.45, 2.75) is 75.3 Å². The quantitative estimate of drug-likeness (QED) is 0.120. The van der Waals surface area contributed by atoms with Crippen LogP contribution in [0.15, 0.2) is 170 Å². The van der Waals surface area contributed by atoms with E-state index in [0.717, 1.165) is 36.4 Å². The number of carbonyl (C=O) groups is 1. The summed E-state index contributed by atoms with van der Waals surface area (Å²) in [5.74, 6) is -0.266. The lowest BCUT2D eigenvalue weighted by Gasteiger charge is -2.41. The van der Waals surface area contributed by atoms with Gasteiger partial charge in [-0.2, -0.15) is 105 Å². The molecule has 12 rings (SSSR count). The van der Waals surface area contributed by atoms with E-state index in [0.29, 0.717) is 59.3 Å². The predicted octanol–water partition coefficient (Wildman–Crippen LogP) is 24.0. The van der Waals surface area contributed by atoms with Crippen LogP contribution in [0, 0.1) is 0 Å². The van der Waals surface area contributed by atoms with Crippen molar-refractivity contribution in [2.75, 3.05) is 13.1 Å². The molecule has 0 bridgehead atoms. The van der Waals surface area contributed by atoms with Crippen LogP contribution in [0.3, 0.4) is 0 Å². The summed E-state index contributed by atoms with van der Waals surface area (Å²) in [7, 11) is 0. The molecule has 2 aliphatic heterocycles. The molecule has 10 aromatic carbocycles. The molecule has 0 aliphatic carbocycles. The molecule has 0 radical (unpaired) electrons. The van der Waals surface area contributed by atoms with Gasteiger partial charge >= 0.3 is 49.4 Å². The summed E-state index contributed by atoms with van der Waals surface area (Å²) in [6, 6.07) is 23.0. The first-order chi connectivity index (χ1) is 44.9. The maximum absolute atomic E-state index is 14.7. The molecule has 0 atom stereocenters. The zero-order valence-electron chi connectivity index (χ0n) is 48.8. The van der Waals surface area contributed by atoms with Crippen molar-refractivity contribution in [3.05, 3.63) is 225 Å². The highest BCUT2D eigenvalue weighted by Crippen LogP contribution is 2.54. The van der Waals surface area contributed by atoms with Crippen LogP contribution in [0.2, 0.25) is 0 Å². The Labute approximate surface area is 532 Å². The van der Waals surface area contributed by atoms with Gasteiger partial charge in [0.05, 0.1) is 70.4 Å². The van der Waals surface area contributed by atoms with Crippen LogP contribution < -0.4 is 0 Å². The number of halogens is 24. The van der Waals surface area contributed by atoms with Gasteiger partial charge in [0.25, 0.3) is 0 Å². The maximum atomic E-state index is 14.7. The molecule has 0 amide bonds. The van der Waals surface area contributed by atoms with Gasteiger partial charge in [0.15, 0.2) is 0 Å². The summed E-state index contributed by atoms with van der Waals surface area (Å²) in [6.45, 7) is -0.601. The minimum Gasteiger partial charge on any atom is -0.315 e. The molecule has 0 aromatic heterocycles. The van der Waals surface area contributed by atoms with Crippen molar-refractivity contribution in [1.82, 2.24) is 0 Å². The largest absolute Gasteiger partial charge is 0.416 e. The van der Waals surface area contributed by atoms with Crippen LogP contribution in [0.25, 0.3) is 99.4 Å².